The number of hydrogen-bond acceptors (Lipinski definition) is 9. The number of carboxylic acids is 1. The third kappa shape index (κ3) is 3.49. The Kier molecular flexibility index (Phi) is 6.62. The maximum Gasteiger partial charge on any atom is 0.316 e. The number of fused-ring (bicyclic) bond motifs is 2. The molecule has 0 amide bonds. The molecule has 238 valence electrons. The molecule has 10 nitrogen and oxygen atoms in total. The molecule has 0 radical (unpaired) electrons. The molecule has 4 aliphatic carbocycles. The number of aliphatic hydroxyl groups is 1. The second kappa shape index (κ2) is 9.80. The molecule has 5 heterocycles. The Morgan fingerprint density at radius 2 is 1.95 bits per heavy atom. The van der Waals surface area contributed by atoms with Gasteiger partial charge in [-0.05, 0) is 74.8 Å². The zero-order valence-electron chi connectivity index (χ0n) is 25.6. The quantitative estimate of drug-likeness (QED) is 0.285. The van der Waals surface area contributed by atoms with E-state index in [4.69, 9.17) is 23.7 Å². The molecular formula is C33H47NO9. The summed E-state index contributed by atoms with van der Waals surface area (Å²) in [6, 6.07) is 0. The Bertz CT molecular complexity index is 1200. The number of ether oxygens (including phenoxy) is 5. The number of carbonyl (C=O) groups excluding carboxylic acids is 1. The fraction of sp³-hybridized carbons (Fsp3) is 0.879. The van der Waals surface area contributed by atoms with Crippen LogP contribution in [0.1, 0.15) is 65.7 Å². The van der Waals surface area contributed by atoms with Gasteiger partial charge in [0.25, 0.3) is 0 Å². The van der Waals surface area contributed by atoms with Gasteiger partial charge in [0, 0.05) is 12.0 Å². The summed E-state index contributed by atoms with van der Waals surface area (Å²) in [5.41, 5.74) is -2.33. The lowest BCUT2D eigenvalue weighted by Crippen LogP contribution is -2.66. The molecule has 8 bridgehead atoms. The van der Waals surface area contributed by atoms with Crippen LogP contribution in [0.15, 0.2) is 11.6 Å². The first kappa shape index (κ1) is 29.0. The van der Waals surface area contributed by atoms with E-state index in [9.17, 15) is 19.8 Å². The number of nitrogens with zero attached hydrogens (tertiary/aromatic N) is 1. The lowest BCUT2D eigenvalue weighted by molar-refractivity contribution is -0.448. The summed E-state index contributed by atoms with van der Waals surface area (Å²) >= 11 is 0. The van der Waals surface area contributed by atoms with E-state index in [1.54, 1.807) is 0 Å². The molecule has 0 spiro atoms. The van der Waals surface area contributed by atoms with Crippen molar-refractivity contribution in [2.75, 3.05) is 32.8 Å². The zero-order chi connectivity index (χ0) is 29.9. The highest BCUT2D eigenvalue weighted by molar-refractivity contribution is 5.90. The SMILES string of the molecule is CC(C)C1=CC2CC3(C=O)C4CCC(C)C4CC2(COC24OC5OC(C(OCCN6CCCCC6)C5O2)C4O)C13C(=O)O. The summed E-state index contributed by atoms with van der Waals surface area (Å²) < 4.78 is 31.3. The van der Waals surface area contributed by atoms with E-state index in [-0.39, 0.29) is 30.3 Å². The largest absolute Gasteiger partial charge is 0.481 e. The molecule has 2 N–H and O–H groups in total. The van der Waals surface area contributed by atoms with Crippen LogP contribution in [0.25, 0.3) is 0 Å². The Balaban J connectivity index is 1.07. The smallest absolute Gasteiger partial charge is 0.316 e. The highest BCUT2D eigenvalue weighted by Crippen LogP contribution is 2.82. The standard InChI is InChI=1S/C33H47NO9/c1-18(2)23-13-20-14-30(16-35)22-8-7-19(3)21(22)15-31(20,32(23,30)29(37)38)17-40-33-27(36)25-24(26(42-33)28(41-25)43-33)39-12-11-34-9-5-4-6-10-34/h13,16,18-22,24-28,36H,4-12,14-15,17H2,1-3H3,(H,37,38). The molecule has 0 aromatic carbocycles. The van der Waals surface area contributed by atoms with E-state index in [1.165, 1.54) is 19.3 Å². The van der Waals surface area contributed by atoms with Crippen molar-refractivity contribution in [1.82, 2.24) is 4.90 Å². The van der Waals surface area contributed by atoms with E-state index in [0.29, 0.717) is 25.4 Å². The van der Waals surface area contributed by atoms with E-state index in [0.717, 1.165) is 44.3 Å². The van der Waals surface area contributed by atoms with Gasteiger partial charge in [-0.3, -0.25) is 9.53 Å². The van der Waals surface area contributed by atoms with Crippen molar-refractivity contribution in [2.24, 2.45) is 45.8 Å². The topological polar surface area (TPSA) is 124 Å². The van der Waals surface area contributed by atoms with Crippen molar-refractivity contribution in [3.63, 3.8) is 0 Å². The van der Waals surface area contributed by atoms with Gasteiger partial charge in [-0.2, -0.15) is 0 Å². The summed E-state index contributed by atoms with van der Waals surface area (Å²) in [6.45, 7) is 9.82. The van der Waals surface area contributed by atoms with Gasteiger partial charge in [0.1, 0.15) is 30.0 Å². The van der Waals surface area contributed by atoms with Crippen LogP contribution in [0.2, 0.25) is 0 Å². The van der Waals surface area contributed by atoms with Gasteiger partial charge >= 0.3 is 11.9 Å². The first-order chi connectivity index (χ1) is 20.6. The van der Waals surface area contributed by atoms with Crippen LogP contribution in [0, 0.1) is 45.8 Å². The van der Waals surface area contributed by atoms with Crippen LogP contribution in [-0.4, -0.2) is 96.9 Å². The minimum absolute atomic E-state index is 0.0198. The van der Waals surface area contributed by atoms with Gasteiger partial charge in [0.2, 0.25) is 0 Å². The van der Waals surface area contributed by atoms with Gasteiger partial charge in [-0.15, -0.1) is 0 Å². The number of aldehydes is 1. The number of likely N-dealkylation sites (tertiary alicyclic amines) is 1. The lowest BCUT2D eigenvalue weighted by atomic mass is 9.43. The summed E-state index contributed by atoms with van der Waals surface area (Å²) in [7, 11) is 0. The maximum absolute atomic E-state index is 13.7. The second-order valence-corrected chi connectivity index (χ2v) is 15.2. The first-order valence-electron chi connectivity index (χ1n) is 16.7. The Morgan fingerprint density at radius 3 is 2.67 bits per heavy atom. The van der Waals surface area contributed by atoms with Crippen molar-refractivity contribution in [3.05, 3.63) is 11.6 Å². The molecule has 3 saturated carbocycles. The summed E-state index contributed by atoms with van der Waals surface area (Å²) in [6.07, 6.45) is 6.30. The summed E-state index contributed by atoms with van der Waals surface area (Å²) in [5, 5.41) is 22.8. The maximum atomic E-state index is 13.7. The van der Waals surface area contributed by atoms with Crippen LogP contribution >= 0.6 is 0 Å². The summed E-state index contributed by atoms with van der Waals surface area (Å²) in [5.74, 6) is -2.13. The molecule has 13 unspecified atom stereocenters. The van der Waals surface area contributed by atoms with Crippen LogP contribution in [0.5, 0.6) is 0 Å². The number of rotatable bonds is 10. The van der Waals surface area contributed by atoms with Crippen LogP contribution in [0.4, 0.5) is 0 Å². The zero-order valence-corrected chi connectivity index (χ0v) is 25.6. The van der Waals surface area contributed by atoms with E-state index in [1.807, 2.05) is 13.8 Å². The van der Waals surface area contributed by atoms with Crippen molar-refractivity contribution in [2.45, 2.75) is 102 Å². The highest BCUT2D eigenvalue weighted by atomic mass is 17.0. The van der Waals surface area contributed by atoms with Crippen LogP contribution < -0.4 is 0 Å². The number of aliphatic hydroxyl groups excluding tert-OH is 1. The molecular weight excluding hydrogens is 554 g/mol. The normalized spacial score (nSPS) is 52.7. The average Bonchev–Trinajstić information content (AvgIpc) is 3.72. The predicted molar refractivity (Wildman–Crippen MR) is 151 cm³/mol. The summed E-state index contributed by atoms with van der Waals surface area (Å²) in [4.78, 5) is 29.4. The van der Waals surface area contributed by atoms with Crippen molar-refractivity contribution in [1.29, 1.82) is 0 Å². The molecule has 10 heteroatoms. The minimum Gasteiger partial charge on any atom is -0.481 e. The van der Waals surface area contributed by atoms with Gasteiger partial charge < -0.3 is 38.9 Å². The monoisotopic (exact) mass is 601 g/mol. The Hall–Kier alpha value is -1.40. The molecule has 9 rings (SSSR count). The minimum atomic E-state index is -1.75. The second-order valence-electron chi connectivity index (χ2n) is 15.2. The third-order valence-corrected chi connectivity index (χ3v) is 13.3. The molecule has 0 aromatic rings. The molecule has 9 aliphatic rings. The Morgan fingerprint density at radius 1 is 1.16 bits per heavy atom. The van der Waals surface area contributed by atoms with Gasteiger partial charge in [0.15, 0.2) is 12.4 Å². The number of carboxylic acid groups (broad SMARTS) is 1. The number of piperidine rings is 1. The van der Waals surface area contributed by atoms with Crippen molar-refractivity contribution in [3.8, 4) is 0 Å². The van der Waals surface area contributed by atoms with Crippen LogP contribution in [0.3, 0.4) is 0 Å². The fourth-order valence-electron chi connectivity index (χ4n) is 11.6. The molecule has 13 atom stereocenters. The highest BCUT2D eigenvalue weighted by Gasteiger charge is 2.85. The van der Waals surface area contributed by atoms with Crippen LogP contribution in [-0.2, 0) is 33.3 Å². The van der Waals surface area contributed by atoms with E-state index >= 15 is 0 Å². The third-order valence-electron chi connectivity index (χ3n) is 13.3. The number of allylic oxidation sites excluding steroid dienone is 1. The molecule has 8 fully saturated rings. The molecule has 5 aliphatic heterocycles. The molecule has 43 heavy (non-hydrogen) atoms. The average molecular weight is 602 g/mol. The van der Waals surface area contributed by atoms with E-state index < -0.39 is 58.9 Å². The molecule has 0 aromatic heterocycles. The van der Waals surface area contributed by atoms with Gasteiger partial charge in [0.05, 0.1) is 18.6 Å². The first-order valence-corrected chi connectivity index (χ1v) is 16.7. The van der Waals surface area contributed by atoms with Gasteiger partial charge in [-0.1, -0.05) is 45.3 Å². The van der Waals surface area contributed by atoms with Gasteiger partial charge in [-0.25, -0.2) is 0 Å². The van der Waals surface area contributed by atoms with E-state index in [2.05, 4.69) is 17.9 Å². The van der Waals surface area contributed by atoms with Crippen molar-refractivity contribution >= 4 is 12.3 Å². The lowest BCUT2D eigenvalue weighted by Gasteiger charge is -2.58. The van der Waals surface area contributed by atoms with Crippen molar-refractivity contribution < 1.29 is 43.5 Å². The number of hydrogen-bond donors (Lipinski definition) is 2. The predicted octanol–water partition coefficient (Wildman–Crippen LogP) is 2.97. The number of carbonyl (C=O) groups is 2. The Labute approximate surface area is 253 Å². The number of aliphatic carboxylic acids is 1. The fourth-order valence-corrected chi connectivity index (χ4v) is 11.6. The molecule has 5 saturated heterocycles.